The first kappa shape index (κ1) is 15.7. The smallest absolute Gasteiger partial charge is 0.178 e. The van der Waals surface area contributed by atoms with E-state index in [0.717, 1.165) is 30.3 Å². The highest BCUT2D eigenvalue weighted by atomic mass is 16.3. The third-order valence-corrected chi connectivity index (χ3v) is 3.31. The third kappa shape index (κ3) is 3.91. The van der Waals surface area contributed by atoms with Gasteiger partial charge >= 0.3 is 0 Å². The summed E-state index contributed by atoms with van der Waals surface area (Å²) in [6.07, 6.45) is 0.498. The van der Waals surface area contributed by atoms with Crippen molar-refractivity contribution >= 4 is 11.5 Å². The monoisotopic (exact) mass is 291 g/mol. The fourth-order valence-corrected chi connectivity index (χ4v) is 2.30. The van der Waals surface area contributed by atoms with Crippen LogP contribution >= 0.6 is 0 Å². The zero-order chi connectivity index (χ0) is 15.6. The standard InChI is InChI=1S/C15H25N5O/c1-10(8-11(2)21)9-16-12-6-7-13-17-18-14(15(3,4)5)20(13)19-12/h6-7,10-11,21H,8-9H2,1-5H3,(H,16,19). The van der Waals surface area contributed by atoms with Crippen molar-refractivity contribution in [1.29, 1.82) is 0 Å². The summed E-state index contributed by atoms with van der Waals surface area (Å²) >= 11 is 0. The molecule has 0 saturated carbocycles. The predicted molar refractivity (Wildman–Crippen MR) is 83.4 cm³/mol. The fourth-order valence-electron chi connectivity index (χ4n) is 2.30. The number of hydrogen-bond acceptors (Lipinski definition) is 5. The molecule has 0 amide bonds. The second-order valence-corrected chi connectivity index (χ2v) is 6.83. The van der Waals surface area contributed by atoms with E-state index < -0.39 is 0 Å². The molecule has 2 unspecified atom stereocenters. The summed E-state index contributed by atoms with van der Waals surface area (Å²) in [5.74, 6) is 2.02. The number of aliphatic hydroxyl groups excluding tert-OH is 1. The van der Waals surface area contributed by atoms with Gasteiger partial charge in [-0.25, -0.2) is 0 Å². The first-order valence-electron chi connectivity index (χ1n) is 7.42. The molecule has 2 aromatic rings. The molecule has 2 atom stereocenters. The highest BCUT2D eigenvalue weighted by Crippen LogP contribution is 2.20. The van der Waals surface area contributed by atoms with Gasteiger partial charge in [0.2, 0.25) is 0 Å². The van der Waals surface area contributed by atoms with Gasteiger partial charge in [-0.3, -0.25) is 0 Å². The van der Waals surface area contributed by atoms with Crippen LogP contribution in [0.3, 0.4) is 0 Å². The first-order valence-corrected chi connectivity index (χ1v) is 7.42. The van der Waals surface area contributed by atoms with E-state index in [1.54, 1.807) is 4.52 Å². The molecule has 6 nitrogen and oxygen atoms in total. The van der Waals surface area contributed by atoms with Gasteiger partial charge in [-0.2, -0.15) is 4.52 Å². The molecular formula is C15H25N5O. The average molecular weight is 291 g/mol. The largest absolute Gasteiger partial charge is 0.393 e. The Kier molecular flexibility index (Phi) is 4.46. The summed E-state index contributed by atoms with van der Waals surface area (Å²) in [7, 11) is 0. The Morgan fingerprint density at radius 3 is 2.57 bits per heavy atom. The van der Waals surface area contributed by atoms with Crippen LogP contribution in [-0.4, -0.2) is 37.6 Å². The fraction of sp³-hybridized carbons (Fsp3) is 0.667. The van der Waals surface area contributed by atoms with Crippen molar-refractivity contribution in [2.75, 3.05) is 11.9 Å². The van der Waals surface area contributed by atoms with Gasteiger partial charge in [-0.15, -0.1) is 15.3 Å². The minimum atomic E-state index is -0.275. The maximum atomic E-state index is 9.40. The van der Waals surface area contributed by atoms with Crippen molar-refractivity contribution in [1.82, 2.24) is 19.8 Å². The minimum absolute atomic E-state index is 0.106. The number of fused-ring (bicyclic) bond motifs is 1. The topological polar surface area (TPSA) is 75.3 Å². The van der Waals surface area contributed by atoms with Crippen LogP contribution in [0.4, 0.5) is 5.82 Å². The molecule has 2 N–H and O–H groups in total. The Labute approximate surface area is 125 Å². The van der Waals surface area contributed by atoms with Gasteiger partial charge in [0.15, 0.2) is 11.5 Å². The number of nitrogens with zero attached hydrogens (tertiary/aromatic N) is 4. The highest BCUT2D eigenvalue weighted by molar-refractivity contribution is 5.44. The van der Waals surface area contributed by atoms with E-state index in [9.17, 15) is 5.11 Å². The molecule has 0 radical (unpaired) electrons. The van der Waals surface area contributed by atoms with E-state index in [0.29, 0.717) is 5.92 Å². The van der Waals surface area contributed by atoms with Gasteiger partial charge in [0, 0.05) is 12.0 Å². The lowest BCUT2D eigenvalue weighted by molar-refractivity contribution is 0.166. The SMILES string of the molecule is CC(O)CC(C)CNc1ccc2nnc(C(C)(C)C)n2n1. The number of rotatable bonds is 5. The Balaban J connectivity index is 2.15. The summed E-state index contributed by atoms with van der Waals surface area (Å²) in [4.78, 5) is 0. The number of nitrogens with one attached hydrogen (secondary N) is 1. The zero-order valence-electron chi connectivity index (χ0n) is 13.5. The molecular weight excluding hydrogens is 266 g/mol. The molecule has 0 aliphatic heterocycles. The van der Waals surface area contributed by atoms with Gasteiger partial charge < -0.3 is 10.4 Å². The molecule has 0 aliphatic rings. The minimum Gasteiger partial charge on any atom is -0.393 e. The van der Waals surface area contributed by atoms with Gasteiger partial charge in [0.05, 0.1) is 6.10 Å². The van der Waals surface area contributed by atoms with E-state index in [1.807, 2.05) is 19.1 Å². The normalized spacial score (nSPS) is 15.1. The van der Waals surface area contributed by atoms with Gasteiger partial charge in [0.1, 0.15) is 5.82 Å². The Bertz CT molecular complexity index is 600. The van der Waals surface area contributed by atoms with Crippen LogP contribution in [0.15, 0.2) is 12.1 Å². The number of aliphatic hydroxyl groups is 1. The van der Waals surface area contributed by atoms with E-state index in [-0.39, 0.29) is 11.5 Å². The number of hydrogen-bond donors (Lipinski definition) is 2. The van der Waals surface area contributed by atoms with Crippen LogP contribution < -0.4 is 5.32 Å². The van der Waals surface area contributed by atoms with E-state index in [2.05, 4.69) is 48.3 Å². The molecule has 6 heteroatoms. The van der Waals surface area contributed by atoms with Crippen LogP contribution in [-0.2, 0) is 5.41 Å². The Morgan fingerprint density at radius 2 is 1.95 bits per heavy atom. The quantitative estimate of drug-likeness (QED) is 0.883. The number of aromatic nitrogens is 4. The van der Waals surface area contributed by atoms with E-state index in [1.165, 1.54) is 0 Å². The molecule has 2 heterocycles. The summed E-state index contributed by atoms with van der Waals surface area (Å²) in [6, 6.07) is 3.82. The molecule has 0 aromatic carbocycles. The molecule has 0 bridgehead atoms. The van der Waals surface area contributed by atoms with Crippen molar-refractivity contribution < 1.29 is 5.11 Å². The van der Waals surface area contributed by atoms with Crippen LogP contribution in [0.1, 0.15) is 46.9 Å². The summed E-state index contributed by atoms with van der Waals surface area (Å²) < 4.78 is 1.79. The maximum absolute atomic E-state index is 9.40. The lowest BCUT2D eigenvalue weighted by Crippen LogP contribution is -2.19. The summed E-state index contributed by atoms with van der Waals surface area (Å²) in [6.45, 7) is 11.0. The molecule has 0 saturated heterocycles. The number of anilines is 1. The molecule has 2 aromatic heterocycles. The van der Waals surface area contributed by atoms with Gasteiger partial charge in [0.25, 0.3) is 0 Å². The lowest BCUT2D eigenvalue weighted by atomic mass is 9.96. The summed E-state index contributed by atoms with van der Waals surface area (Å²) in [5, 5.41) is 25.7. The predicted octanol–water partition coefficient (Wildman–Crippen LogP) is 2.24. The average Bonchev–Trinajstić information content (AvgIpc) is 2.78. The van der Waals surface area contributed by atoms with Crippen LogP contribution in [0.2, 0.25) is 0 Å². The second-order valence-electron chi connectivity index (χ2n) is 6.83. The van der Waals surface area contributed by atoms with Crippen molar-refractivity contribution in [3.8, 4) is 0 Å². The van der Waals surface area contributed by atoms with Crippen LogP contribution in [0.5, 0.6) is 0 Å². The molecule has 0 aliphatic carbocycles. The molecule has 0 spiro atoms. The third-order valence-electron chi connectivity index (χ3n) is 3.31. The molecule has 116 valence electrons. The molecule has 0 fully saturated rings. The van der Waals surface area contributed by atoms with Gasteiger partial charge in [-0.05, 0) is 31.4 Å². The van der Waals surface area contributed by atoms with Crippen molar-refractivity contribution in [2.45, 2.75) is 52.6 Å². The Morgan fingerprint density at radius 1 is 1.24 bits per heavy atom. The maximum Gasteiger partial charge on any atom is 0.178 e. The van der Waals surface area contributed by atoms with Gasteiger partial charge in [-0.1, -0.05) is 27.7 Å². The van der Waals surface area contributed by atoms with E-state index in [4.69, 9.17) is 0 Å². The lowest BCUT2D eigenvalue weighted by Gasteiger charge is -2.16. The summed E-state index contributed by atoms with van der Waals surface area (Å²) in [5.41, 5.74) is 0.646. The second kappa shape index (κ2) is 5.97. The van der Waals surface area contributed by atoms with Crippen molar-refractivity contribution in [2.24, 2.45) is 5.92 Å². The van der Waals surface area contributed by atoms with Crippen LogP contribution in [0, 0.1) is 5.92 Å². The van der Waals surface area contributed by atoms with Crippen LogP contribution in [0.25, 0.3) is 5.65 Å². The highest BCUT2D eigenvalue weighted by Gasteiger charge is 2.21. The van der Waals surface area contributed by atoms with E-state index >= 15 is 0 Å². The molecule has 21 heavy (non-hydrogen) atoms. The molecule has 2 rings (SSSR count). The zero-order valence-corrected chi connectivity index (χ0v) is 13.5. The van der Waals surface area contributed by atoms with Crippen molar-refractivity contribution in [3.05, 3.63) is 18.0 Å². The Hall–Kier alpha value is -1.69. The first-order chi connectivity index (χ1) is 9.77. The van der Waals surface area contributed by atoms with Crippen molar-refractivity contribution in [3.63, 3.8) is 0 Å².